The lowest BCUT2D eigenvalue weighted by molar-refractivity contribution is -0.0287. The second-order valence-corrected chi connectivity index (χ2v) is 9.11. The normalized spacial score (nSPS) is 15.2. The number of aromatic nitrogens is 5. The van der Waals surface area contributed by atoms with E-state index in [1.807, 2.05) is 59.2 Å². The first-order chi connectivity index (χ1) is 19.2. The van der Waals surface area contributed by atoms with Gasteiger partial charge < -0.3 is 20.1 Å². The van der Waals surface area contributed by atoms with Crippen molar-refractivity contribution in [3.05, 3.63) is 84.8 Å². The molecule has 0 radical (unpaired) electrons. The van der Waals surface area contributed by atoms with Gasteiger partial charge in [0.2, 0.25) is 5.88 Å². The maximum atomic E-state index is 13.0. The van der Waals surface area contributed by atoms with Crippen molar-refractivity contribution in [2.45, 2.75) is 25.5 Å². The van der Waals surface area contributed by atoms with Crippen molar-refractivity contribution in [1.29, 1.82) is 0 Å². The van der Waals surface area contributed by atoms with Crippen LogP contribution < -0.4 is 15.4 Å². The Morgan fingerprint density at radius 3 is 2.69 bits per heavy atom. The number of benzene rings is 2. The number of hydrogen-bond acceptors (Lipinski definition) is 8. The number of anilines is 3. The Morgan fingerprint density at radius 1 is 1.00 bits per heavy atom. The molecule has 4 heterocycles. The summed E-state index contributed by atoms with van der Waals surface area (Å²) in [5.74, 6) is 1.24. The molecule has 10 nitrogen and oxygen atoms in total. The summed E-state index contributed by atoms with van der Waals surface area (Å²) in [7, 11) is 1.49. The van der Waals surface area contributed by atoms with E-state index in [1.54, 1.807) is 18.3 Å². The summed E-state index contributed by atoms with van der Waals surface area (Å²) in [6.07, 6.45) is 5.83. The van der Waals surface area contributed by atoms with Crippen LogP contribution in [0.1, 0.15) is 35.8 Å². The Balaban J connectivity index is 1.41. The third kappa shape index (κ3) is 5.01. The van der Waals surface area contributed by atoms with E-state index in [-0.39, 0.29) is 18.0 Å². The zero-order valence-electron chi connectivity index (χ0n) is 21.4. The predicted octanol–water partition coefficient (Wildman–Crippen LogP) is 5.59. The largest absolute Gasteiger partial charge is 0.480 e. The van der Waals surface area contributed by atoms with Crippen molar-refractivity contribution in [1.82, 2.24) is 24.5 Å². The smallest absolute Gasteiger partial charge is 0.261 e. The highest BCUT2D eigenvalue weighted by Crippen LogP contribution is 2.35. The molecule has 1 amide bonds. The number of methoxy groups -OCH3 is 1. The van der Waals surface area contributed by atoms with Crippen molar-refractivity contribution >= 4 is 34.3 Å². The van der Waals surface area contributed by atoms with E-state index in [0.717, 1.165) is 30.5 Å². The van der Waals surface area contributed by atoms with Crippen LogP contribution >= 0.6 is 0 Å². The molecule has 6 rings (SSSR count). The molecule has 0 bridgehead atoms. The van der Waals surface area contributed by atoms with E-state index in [0.29, 0.717) is 40.7 Å². The summed E-state index contributed by atoms with van der Waals surface area (Å²) >= 11 is 0. The third-order valence-electron chi connectivity index (χ3n) is 6.54. The van der Waals surface area contributed by atoms with Gasteiger partial charge in [-0.25, -0.2) is 19.9 Å². The molecule has 1 atom stereocenters. The molecular formula is C29H27N7O3. The van der Waals surface area contributed by atoms with Gasteiger partial charge in [0.1, 0.15) is 23.9 Å². The van der Waals surface area contributed by atoms with Crippen LogP contribution in [0, 0.1) is 0 Å². The van der Waals surface area contributed by atoms with Crippen LogP contribution in [0.5, 0.6) is 5.88 Å². The molecule has 2 aromatic carbocycles. The van der Waals surface area contributed by atoms with Crippen molar-refractivity contribution in [2.75, 3.05) is 24.4 Å². The van der Waals surface area contributed by atoms with Crippen LogP contribution in [0.4, 0.5) is 17.2 Å². The van der Waals surface area contributed by atoms with Crippen molar-refractivity contribution in [2.24, 2.45) is 0 Å². The number of carbonyl (C=O) groups excluding carboxylic acids is 1. The van der Waals surface area contributed by atoms with Gasteiger partial charge in [0.15, 0.2) is 17.0 Å². The molecule has 3 aromatic heterocycles. The highest BCUT2D eigenvalue weighted by atomic mass is 16.5. The van der Waals surface area contributed by atoms with E-state index in [1.165, 1.54) is 13.4 Å². The minimum Gasteiger partial charge on any atom is -0.480 e. The number of ether oxygens (including phenoxy) is 2. The number of hydrogen-bond donors (Lipinski definition) is 2. The van der Waals surface area contributed by atoms with Crippen LogP contribution in [0.3, 0.4) is 0 Å². The van der Waals surface area contributed by atoms with Crippen molar-refractivity contribution < 1.29 is 14.3 Å². The zero-order chi connectivity index (χ0) is 26.6. The number of imidazole rings is 1. The summed E-state index contributed by atoms with van der Waals surface area (Å²) in [5, 5.41) is 6.32. The average Bonchev–Trinajstić information content (AvgIpc) is 3.39. The van der Waals surface area contributed by atoms with Crippen LogP contribution in [0.2, 0.25) is 0 Å². The average molecular weight is 522 g/mol. The standard InChI is InChI=1S/C29H27N7O3/c1-38-29-22(13-8-15-30-29)28(37)34-21-12-7-9-19(17-21)26-35-24-25(33-20-10-3-2-4-11-20)31-18-32-27(24)36(26)23-14-5-6-16-39-23/h2-4,7-13,15,17-18,23H,5-6,14,16H2,1H3,(H,34,37)(H,31,32,33). The van der Waals surface area contributed by atoms with Gasteiger partial charge in [0, 0.05) is 29.7 Å². The molecule has 0 aliphatic carbocycles. The Labute approximate surface area is 225 Å². The minimum absolute atomic E-state index is 0.212. The Kier molecular flexibility index (Phi) is 6.84. The lowest BCUT2D eigenvalue weighted by Gasteiger charge is -2.25. The molecule has 39 heavy (non-hydrogen) atoms. The highest BCUT2D eigenvalue weighted by Gasteiger charge is 2.26. The molecule has 1 saturated heterocycles. The van der Waals surface area contributed by atoms with Gasteiger partial charge in [0.05, 0.1) is 7.11 Å². The quantitative estimate of drug-likeness (QED) is 0.285. The number of pyridine rings is 1. The first-order valence-electron chi connectivity index (χ1n) is 12.8. The van der Waals surface area contributed by atoms with E-state index in [9.17, 15) is 4.79 Å². The Morgan fingerprint density at radius 2 is 1.87 bits per heavy atom. The SMILES string of the molecule is COc1ncccc1C(=O)Nc1cccc(-c2nc3c(Nc4ccccc4)ncnc3n2C2CCCCO2)c1. The fourth-order valence-electron chi connectivity index (χ4n) is 4.72. The summed E-state index contributed by atoms with van der Waals surface area (Å²) < 4.78 is 13.5. The van der Waals surface area contributed by atoms with Gasteiger partial charge in [-0.3, -0.25) is 9.36 Å². The number of fused-ring (bicyclic) bond motifs is 1. The van der Waals surface area contributed by atoms with Crippen LogP contribution in [0.25, 0.3) is 22.6 Å². The van der Waals surface area contributed by atoms with Gasteiger partial charge in [-0.2, -0.15) is 0 Å². The van der Waals surface area contributed by atoms with Crippen molar-refractivity contribution in [3.8, 4) is 17.3 Å². The molecule has 1 aliphatic heterocycles. The molecule has 1 aliphatic rings. The molecular weight excluding hydrogens is 494 g/mol. The monoisotopic (exact) mass is 521 g/mol. The second-order valence-electron chi connectivity index (χ2n) is 9.11. The first kappa shape index (κ1) is 24.5. The first-order valence-corrected chi connectivity index (χ1v) is 12.8. The molecule has 1 fully saturated rings. The molecule has 10 heteroatoms. The van der Waals surface area contributed by atoms with Gasteiger partial charge >= 0.3 is 0 Å². The molecule has 2 N–H and O–H groups in total. The van der Waals surface area contributed by atoms with Crippen molar-refractivity contribution in [3.63, 3.8) is 0 Å². The second kappa shape index (κ2) is 10.9. The van der Waals surface area contributed by atoms with Gasteiger partial charge in [-0.15, -0.1) is 0 Å². The summed E-state index contributed by atoms with van der Waals surface area (Å²) in [5.41, 5.74) is 3.99. The molecule has 196 valence electrons. The van der Waals surface area contributed by atoms with E-state index in [2.05, 4.69) is 25.6 Å². The minimum atomic E-state index is -0.318. The fourth-order valence-corrected chi connectivity index (χ4v) is 4.72. The van der Waals surface area contributed by atoms with Crippen LogP contribution in [0.15, 0.2) is 79.3 Å². The van der Waals surface area contributed by atoms with Gasteiger partial charge in [0.25, 0.3) is 5.91 Å². The number of nitrogens with one attached hydrogen (secondary N) is 2. The Hall–Kier alpha value is -4.83. The third-order valence-corrected chi connectivity index (χ3v) is 6.54. The lowest BCUT2D eigenvalue weighted by Crippen LogP contribution is -2.19. The van der Waals surface area contributed by atoms with Gasteiger partial charge in [-0.05, 0) is 55.7 Å². The summed E-state index contributed by atoms with van der Waals surface area (Å²) in [6, 6.07) is 20.7. The Bertz CT molecular complexity index is 1610. The number of nitrogens with zero attached hydrogens (tertiary/aromatic N) is 5. The maximum absolute atomic E-state index is 13.0. The number of carbonyl (C=O) groups is 1. The van der Waals surface area contributed by atoms with E-state index >= 15 is 0 Å². The maximum Gasteiger partial charge on any atom is 0.261 e. The summed E-state index contributed by atoms with van der Waals surface area (Å²) in [6.45, 7) is 0.674. The van der Waals surface area contributed by atoms with E-state index < -0.39 is 0 Å². The molecule has 5 aromatic rings. The van der Waals surface area contributed by atoms with E-state index in [4.69, 9.17) is 14.5 Å². The molecule has 0 saturated carbocycles. The topological polar surface area (TPSA) is 116 Å². The van der Waals surface area contributed by atoms with Crippen LogP contribution in [-0.4, -0.2) is 44.1 Å². The lowest BCUT2D eigenvalue weighted by atomic mass is 10.1. The zero-order valence-corrected chi connectivity index (χ0v) is 21.4. The predicted molar refractivity (Wildman–Crippen MR) is 148 cm³/mol. The number of amides is 1. The van der Waals surface area contributed by atoms with Crippen LogP contribution in [-0.2, 0) is 4.74 Å². The highest BCUT2D eigenvalue weighted by molar-refractivity contribution is 6.06. The summed E-state index contributed by atoms with van der Waals surface area (Å²) in [4.78, 5) is 31.3. The fraction of sp³-hybridized carbons (Fsp3) is 0.207. The molecule has 1 unspecified atom stereocenters. The number of rotatable bonds is 7. The van der Waals surface area contributed by atoms with Gasteiger partial charge in [-0.1, -0.05) is 30.3 Å². The number of para-hydroxylation sites is 1. The molecule has 0 spiro atoms.